The van der Waals surface area contributed by atoms with Crippen LogP contribution in [0.3, 0.4) is 0 Å². The first-order chi connectivity index (χ1) is 15.2. The number of para-hydroxylation sites is 1. The van der Waals surface area contributed by atoms with Gasteiger partial charge in [-0.15, -0.1) is 0 Å². The minimum atomic E-state index is -0.0982. The van der Waals surface area contributed by atoms with E-state index in [1.807, 2.05) is 36.4 Å². The lowest BCUT2D eigenvalue weighted by Crippen LogP contribution is -2.39. The van der Waals surface area contributed by atoms with Gasteiger partial charge in [-0.05, 0) is 49.9 Å². The molecule has 1 aromatic carbocycles. The van der Waals surface area contributed by atoms with E-state index >= 15 is 0 Å². The Morgan fingerprint density at radius 2 is 1.87 bits per heavy atom. The Hall–Kier alpha value is -3.74. The van der Waals surface area contributed by atoms with Gasteiger partial charge in [0.25, 0.3) is 11.5 Å². The lowest BCUT2D eigenvalue weighted by molar-refractivity contribution is 0.0923. The standard InChI is InChI=1S/C24H23N5O2/c30-23-12-11-21(16-4-3-13-25-14-16)28-29(23)18-9-7-17(8-10-18)27-24(31)20-15-26-22-6-2-1-5-19(20)22/h1-6,11-15,17-18,26H,7-10H2,(H,27,31). The number of hydrogen-bond donors (Lipinski definition) is 2. The highest BCUT2D eigenvalue weighted by Crippen LogP contribution is 2.28. The van der Waals surface area contributed by atoms with E-state index in [9.17, 15) is 9.59 Å². The molecule has 0 saturated heterocycles. The molecule has 0 atom stereocenters. The van der Waals surface area contributed by atoms with Gasteiger partial charge in [0.05, 0.1) is 17.3 Å². The predicted octanol–water partition coefficient (Wildman–Crippen LogP) is 3.70. The van der Waals surface area contributed by atoms with E-state index in [1.165, 1.54) is 0 Å². The molecule has 1 aliphatic rings. The number of aromatic amines is 1. The number of benzene rings is 1. The number of aromatic nitrogens is 4. The van der Waals surface area contributed by atoms with E-state index in [0.29, 0.717) is 5.56 Å². The van der Waals surface area contributed by atoms with Crippen molar-refractivity contribution in [1.29, 1.82) is 0 Å². The average molecular weight is 413 g/mol. The molecule has 7 heteroatoms. The number of H-pyrrole nitrogens is 1. The third kappa shape index (κ3) is 3.86. The zero-order chi connectivity index (χ0) is 21.2. The molecule has 1 fully saturated rings. The molecule has 3 heterocycles. The van der Waals surface area contributed by atoms with Gasteiger partial charge in [-0.25, -0.2) is 4.68 Å². The van der Waals surface area contributed by atoms with Crippen molar-refractivity contribution in [3.63, 3.8) is 0 Å². The van der Waals surface area contributed by atoms with E-state index < -0.39 is 0 Å². The fraction of sp³-hybridized carbons (Fsp3) is 0.250. The number of rotatable bonds is 4. The van der Waals surface area contributed by atoms with Crippen LogP contribution in [-0.4, -0.2) is 31.7 Å². The molecule has 4 aromatic rings. The molecular formula is C24H23N5O2. The smallest absolute Gasteiger partial charge is 0.267 e. The van der Waals surface area contributed by atoms with Gasteiger partial charge in [0, 0.05) is 47.2 Å². The second-order valence-corrected chi connectivity index (χ2v) is 7.97. The summed E-state index contributed by atoms with van der Waals surface area (Å²) < 4.78 is 1.60. The Balaban J connectivity index is 1.26. The largest absolute Gasteiger partial charge is 0.360 e. The number of nitrogens with zero attached hydrogens (tertiary/aromatic N) is 3. The zero-order valence-corrected chi connectivity index (χ0v) is 17.0. The van der Waals surface area contributed by atoms with Crippen LogP contribution >= 0.6 is 0 Å². The van der Waals surface area contributed by atoms with E-state index in [-0.39, 0.29) is 23.6 Å². The molecule has 0 aliphatic heterocycles. The van der Waals surface area contributed by atoms with Crippen LogP contribution in [0.1, 0.15) is 42.1 Å². The summed E-state index contributed by atoms with van der Waals surface area (Å²) in [6, 6.07) is 15.0. The van der Waals surface area contributed by atoms with Gasteiger partial charge in [0.15, 0.2) is 0 Å². The van der Waals surface area contributed by atoms with Crippen LogP contribution in [0.4, 0.5) is 0 Å². The third-order valence-electron chi connectivity index (χ3n) is 5.99. The molecule has 3 aromatic heterocycles. The zero-order valence-electron chi connectivity index (χ0n) is 17.0. The topological polar surface area (TPSA) is 92.7 Å². The van der Waals surface area contributed by atoms with Crippen LogP contribution in [0, 0.1) is 0 Å². The summed E-state index contributed by atoms with van der Waals surface area (Å²) in [5, 5.41) is 8.69. The van der Waals surface area contributed by atoms with Crippen molar-refractivity contribution >= 4 is 16.8 Å². The molecule has 0 radical (unpaired) electrons. The summed E-state index contributed by atoms with van der Waals surface area (Å²) in [5.41, 5.74) is 3.15. The number of pyridine rings is 1. The first kappa shape index (κ1) is 19.2. The molecule has 31 heavy (non-hydrogen) atoms. The Morgan fingerprint density at radius 3 is 2.68 bits per heavy atom. The van der Waals surface area contributed by atoms with Gasteiger partial charge in [-0.2, -0.15) is 5.10 Å². The van der Waals surface area contributed by atoms with Gasteiger partial charge in [-0.3, -0.25) is 14.6 Å². The number of hydrogen-bond acceptors (Lipinski definition) is 4. The first-order valence-electron chi connectivity index (χ1n) is 10.6. The molecule has 2 N–H and O–H groups in total. The maximum absolute atomic E-state index is 12.8. The first-order valence-corrected chi connectivity index (χ1v) is 10.6. The van der Waals surface area contributed by atoms with Gasteiger partial charge in [0.2, 0.25) is 0 Å². The van der Waals surface area contributed by atoms with Crippen molar-refractivity contribution in [2.75, 3.05) is 0 Å². The summed E-state index contributed by atoms with van der Waals surface area (Å²) in [6.07, 6.45) is 8.43. The fourth-order valence-electron chi connectivity index (χ4n) is 4.34. The molecule has 1 amide bonds. The molecule has 1 saturated carbocycles. The molecule has 5 rings (SSSR count). The van der Waals surface area contributed by atoms with Crippen molar-refractivity contribution < 1.29 is 4.79 Å². The molecule has 0 bridgehead atoms. The van der Waals surface area contributed by atoms with Gasteiger partial charge in [0.1, 0.15) is 0 Å². The van der Waals surface area contributed by atoms with Crippen molar-refractivity contribution in [2.24, 2.45) is 0 Å². The van der Waals surface area contributed by atoms with Crippen LogP contribution in [0.15, 0.2) is 71.9 Å². The summed E-state index contributed by atoms with van der Waals surface area (Å²) in [5.74, 6) is -0.0604. The van der Waals surface area contributed by atoms with Crippen molar-refractivity contribution in [1.82, 2.24) is 25.1 Å². The Morgan fingerprint density at radius 1 is 1.03 bits per heavy atom. The molecule has 0 unspecified atom stereocenters. The maximum Gasteiger partial charge on any atom is 0.267 e. The highest BCUT2D eigenvalue weighted by molar-refractivity contribution is 6.06. The fourth-order valence-corrected chi connectivity index (χ4v) is 4.34. The SMILES string of the molecule is O=C(NC1CCC(n2nc(-c3cccnc3)ccc2=O)CC1)c1c[nH]c2ccccc12. The minimum absolute atomic E-state index is 0.0327. The van der Waals surface area contributed by atoms with Crippen molar-refractivity contribution in [3.8, 4) is 11.3 Å². The van der Waals surface area contributed by atoms with Crippen molar-refractivity contribution in [2.45, 2.75) is 37.8 Å². The molecule has 1 aliphatic carbocycles. The maximum atomic E-state index is 12.8. The van der Waals surface area contributed by atoms with E-state index in [2.05, 4.69) is 20.4 Å². The van der Waals surface area contributed by atoms with Crippen LogP contribution < -0.4 is 10.9 Å². The van der Waals surface area contributed by atoms with Crippen LogP contribution in [0.2, 0.25) is 0 Å². The summed E-state index contributed by atoms with van der Waals surface area (Å²) in [6.45, 7) is 0. The van der Waals surface area contributed by atoms with Crippen LogP contribution in [0.5, 0.6) is 0 Å². The average Bonchev–Trinajstić information content (AvgIpc) is 3.25. The minimum Gasteiger partial charge on any atom is -0.360 e. The van der Waals surface area contributed by atoms with E-state index in [4.69, 9.17) is 0 Å². The third-order valence-corrected chi connectivity index (χ3v) is 5.99. The quantitative estimate of drug-likeness (QED) is 0.534. The van der Waals surface area contributed by atoms with Crippen molar-refractivity contribution in [3.05, 3.63) is 83.0 Å². The molecule has 156 valence electrons. The highest BCUT2D eigenvalue weighted by Gasteiger charge is 2.26. The summed E-state index contributed by atoms with van der Waals surface area (Å²) in [7, 11) is 0. The van der Waals surface area contributed by atoms with Crippen LogP contribution in [0.25, 0.3) is 22.2 Å². The number of carbonyl (C=O) groups excluding carboxylic acids is 1. The lowest BCUT2D eigenvalue weighted by Gasteiger charge is -2.29. The summed E-state index contributed by atoms with van der Waals surface area (Å²) in [4.78, 5) is 32.5. The number of carbonyl (C=O) groups is 1. The Kier molecular flexibility index (Phi) is 5.08. The Bertz CT molecular complexity index is 1270. The molecule has 7 nitrogen and oxygen atoms in total. The second-order valence-electron chi connectivity index (χ2n) is 7.97. The lowest BCUT2D eigenvalue weighted by atomic mass is 9.91. The normalized spacial score (nSPS) is 18.7. The number of fused-ring (bicyclic) bond motifs is 1. The highest BCUT2D eigenvalue weighted by atomic mass is 16.2. The molecule has 0 spiro atoms. The second kappa shape index (κ2) is 8.18. The Labute approximate surface area is 179 Å². The van der Waals surface area contributed by atoms with Gasteiger partial charge >= 0.3 is 0 Å². The number of nitrogens with one attached hydrogen (secondary N) is 2. The molecular weight excluding hydrogens is 390 g/mol. The predicted molar refractivity (Wildman–Crippen MR) is 119 cm³/mol. The van der Waals surface area contributed by atoms with Gasteiger partial charge < -0.3 is 10.3 Å². The van der Waals surface area contributed by atoms with E-state index in [0.717, 1.165) is 47.8 Å². The number of amides is 1. The van der Waals surface area contributed by atoms with E-state index in [1.54, 1.807) is 35.4 Å². The monoisotopic (exact) mass is 413 g/mol. The summed E-state index contributed by atoms with van der Waals surface area (Å²) >= 11 is 0. The van der Waals surface area contributed by atoms with Crippen LogP contribution in [-0.2, 0) is 0 Å². The van der Waals surface area contributed by atoms with Gasteiger partial charge in [-0.1, -0.05) is 18.2 Å².